The van der Waals surface area contributed by atoms with E-state index in [-0.39, 0.29) is 0 Å². The second-order valence-corrected chi connectivity index (χ2v) is 13.7. The summed E-state index contributed by atoms with van der Waals surface area (Å²) in [6.45, 7) is 6.25. The fourth-order valence-electron chi connectivity index (χ4n) is 7.39. The fourth-order valence-corrected chi connectivity index (χ4v) is 7.39. The van der Waals surface area contributed by atoms with E-state index in [1.54, 1.807) is 0 Å². The molecule has 0 atom stereocenters. The molecule has 0 aliphatic carbocycles. The first kappa shape index (κ1) is 36.6. The lowest BCUT2D eigenvalue weighted by Gasteiger charge is -2.25. The van der Waals surface area contributed by atoms with Crippen molar-refractivity contribution in [3.8, 4) is 45.7 Å². The van der Waals surface area contributed by atoms with Crippen LogP contribution in [0.3, 0.4) is 0 Å². The number of nitrogens with zero attached hydrogens (tertiary/aromatic N) is 5. The van der Waals surface area contributed by atoms with Crippen LogP contribution in [0.5, 0.6) is 0 Å². The first-order valence-electron chi connectivity index (χ1n) is 19.5. The second-order valence-electron chi connectivity index (χ2n) is 13.7. The summed E-state index contributed by atoms with van der Waals surface area (Å²) >= 11 is 0. The standard InChI is InChI=1S/C52H43N5/c1-3-55(4-2)45-33-29-43(30-34-45)52-54-50(41-17-9-5-10-18-41)51(42-19-11-6-12-20-42)57(52)49-35-27-40(28-36-49)44(38-53)37-39-25-31-48(32-26-39)56(46-21-13-7-14-22-46)47-23-15-8-16-24-47/h5-37H,3-4H2,1-2H3/b44-37+. The SMILES string of the molecule is CCN(CC)c1ccc(-c2nc(-c3ccccc3)c(-c3ccccc3)n2-c2ccc(/C(C#N)=C/c3ccc(N(c4ccccc4)c4ccccc4)cc3)cc2)cc1. The number of allylic oxidation sites excluding steroid dienone is 1. The van der Waals surface area contributed by atoms with E-state index in [0.29, 0.717) is 5.57 Å². The maximum Gasteiger partial charge on any atom is 0.145 e. The zero-order chi connectivity index (χ0) is 39.0. The molecule has 0 saturated carbocycles. The molecule has 57 heavy (non-hydrogen) atoms. The summed E-state index contributed by atoms with van der Waals surface area (Å²) in [5.41, 5.74) is 12.8. The summed E-state index contributed by atoms with van der Waals surface area (Å²) < 4.78 is 2.26. The maximum atomic E-state index is 10.4. The van der Waals surface area contributed by atoms with Crippen LogP contribution in [0, 0.1) is 11.3 Å². The fraction of sp³-hybridized carbons (Fsp3) is 0.0769. The third-order valence-electron chi connectivity index (χ3n) is 10.3. The minimum Gasteiger partial charge on any atom is -0.372 e. The number of para-hydroxylation sites is 2. The molecular formula is C52H43N5. The Morgan fingerprint density at radius 3 is 1.56 bits per heavy atom. The van der Waals surface area contributed by atoms with Gasteiger partial charge in [0, 0.05) is 58.2 Å². The Morgan fingerprint density at radius 2 is 1.04 bits per heavy atom. The first-order chi connectivity index (χ1) is 28.1. The van der Waals surface area contributed by atoms with Gasteiger partial charge in [0.25, 0.3) is 0 Å². The molecule has 0 amide bonds. The van der Waals surface area contributed by atoms with Gasteiger partial charge in [-0.05, 0) is 104 Å². The van der Waals surface area contributed by atoms with Gasteiger partial charge in [0.05, 0.1) is 23.0 Å². The van der Waals surface area contributed by atoms with E-state index in [4.69, 9.17) is 4.98 Å². The Bertz CT molecular complexity index is 2560. The Hall–Kier alpha value is -7.42. The highest BCUT2D eigenvalue weighted by Gasteiger charge is 2.23. The highest BCUT2D eigenvalue weighted by atomic mass is 15.1. The van der Waals surface area contributed by atoms with Gasteiger partial charge < -0.3 is 9.80 Å². The third-order valence-corrected chi connectivity index (χ3v) is 10.3. The summed E-state index contributed by atoms with van der Waals surface area (Å²) in [7, 11) is 0. The zero-order valence-electron chi connectivity index (χ0n) is 32.2. The molecule has 1 aromatic heterocycles. The molecule has 5 nitrogen and oxygen atoms in total. The molecular weight excluding hydrogens is 695 g/mol. The van der Waals surface area contributed by atoms with E-state index in [0.717, 1.165) is 80.9 Å². The largest absolute Gasteiger partial charge is 0.372 e. The summed E-state index contributed by atoms with van der Waals surface area (Å²) in [6, 6.07) is 69.4. The van der Waals surface area contributed by atoms with Gasteiger partial charge in [-0.1, -0.05) is 121 Å². The molecule has 0 aliphatic rings. The lowest BCUT2D eigenvalue weighted by atomic mass is 10.0. The van der Waals surface area contributed by atoms with E-state index in [2.05, 4.69) is 192 Å². The van der Waals surface area contributed by atoms with E-state index in [9.17, 15) is 5.26 Å². The zero-order valence-corrected chi connectivity index (χ0v) is 32.2. The van der Waals surface area contributed by atoms with Crippen LogP contribution in [0.1, 0.15) is 25.0 Å². The molecule has 5 heteroatoms. The number of nitriles is 1. The molecule has 0 spiro atoms. The van der Waals surface area contributed by atoms with Crippen LogP contribution in [-0.4, -0.2) is 22.6 Å². The number of benzene rings is 7. The van der Waals surface area contributed by atoms with Crippen LogP contribution in [-0.2, 0) is 0 Å². The summed E-state index contributed by atoms with van der Waals surface area (Å²) in [5, 5.41) is 10.4. The Kier molecular flexibility index (Phi) is 10.9. The molecule has 276 valence electrons. The second kappa shape index (κ2) is 16.9. The average Bonchev–Trinajstić information content (AvgIpc) is 3.69. The highest BCUT2D eigenvalue weighted by molar-refractivity contribution is 5.91. The number of hydrogen-bond acceptors (Lipinski definition) is 4. The number of imidazole rings is 1. The highest BCUT2D eigenvalue weighted by Crippen LogP contribution is 2.40. The number of rotatable bonds is 12. The number of anilines is 4. The Labute approximate surface area is 335 Å². The average molecular weight is 738 g/mol. The number of hydrogen-bond donors (Lipinski definition) is 0. The van der Waals surface area contributed by atoms with Crippen molar-refractivity contribution in [1.29, 1.82) is 5.26 Å². The predicted molar refractivity (Wildman–Crippen MR) is 238 cm³/mol. The van der Waals surface area contributed by atoms with Crippen LogP contribution in [0.4, 0.5) is 22.7 Å². The molecule has 0 aliphatic heterocycles. The van der Waals surface area contributed by atoms with E-state index in [1.807, 2.05) is 42.5 Å². The quantitative estimate of drug-likeness (QED) is 0.0925. The third kappa shape index (κ3) is 7.76. The monoisotopic (exact) mass is 737 g/mol. The molecule has 0 bridgehead atoms. The smallest absolute Gasteiger partial charge is 0.145 e. The van der Waals surface area contributed by atoms with Gasteiger partial charge in [-0.3, -0.25) is 4.57 Å². The molecule has 0 saturated heterocycles. The minimum absolute atomic E-state index is 0.586. The van der Waals surface area contributed by atoms with Crippen LogP contribution in [0.2, 0.25) is 0 Å². The minimum atomic E-state index is 0.586. The summed E-state index contributed by atoms with van der Waals surface area (Å²) in [4.78, 5) is 9.96. The molecule has 8 aromatic rings. The normalized spacial score (nSPS) is 11.2. The predicted octanol–water partition coefficient (Wildman–Crippen LogP) is 13.3. The van der Waals surface area contributed by atoms with Crippen molar-refractivity contribution in [2.24, 2.45) is 0 Å². The summed E-state index contributed by atoms with van der Waals surface area (Å²) in [5.74, 6) is 0.850. The van der Waals surface area contributed by atoms with E-state index in [1.165, 1.54) is 5.69 Å². The van der Waals surface area contributed by atoms with Gasteiger partial charge in [0.15, 0.2) is 0 Å². The van der Waals surface area contributed by atoms with Gasteiger partial charge in [-0.25, -0.2) is 4.98 Å². The summed E-state index contributed by atoms with van der Waals surface area (Å²) in [6.07, 6.45) is 1.96. The van der Waals surface area contributed by atoms with Crippen LogP contribution >= 0.6 is 0 Å². The van der Waals surface area contributed by atoms with E-state index >= 15 is 0 Å². The van der Waals surface area contributed by atoms with Gasteiger partial charge in [0.2, 0.25) is 0 Å². The lowest BCUT2D eigenvalue weighted by Crippen LogP contribution is -2.21. The van der Waals surface area contributed by atoms with Crippen molar-refractivity contribution in [3.05, 3.63) is 205 Å². The van der Waals surface area contributed by atoms with Gasteiger partial charge in [-0.2, -0.15) is 5.26 Å². The van der Waals surface area contributed by atoms with Crippen molar-refractivity contribution in [1.82, 2.24) is 9.55 Å². The van der Waals surface area contributed by atoms with Gasteiger partial charge >= 0.3 is 0 Å². The van der Waals surface area contributed by atoms with Gasteiger partial charge in [-0.15, -0.1) is 0 Å². The Balaban J connectivity index is 1.18. The van der Waals surface area contributed by atoms with Crippen LogP contribution in [0.25, 0.3) is 51.2 Å². The van der Waals surface area contributed by atoms with Crippen LogP contribution in [0.15, 0.2) is 194 Å². The molecule has 7 aromatic carbocycles. The molecule has 1 heterocycles. The molecule has 8 rings (SSSR count). The van der Waals surface area contributed by atoms with Crippen molar-refractivity contribution in [2.45, 2.75) is 13.8 Å². The van der Waals surface area contributed by atoms with Crippen molar-refractivity contribution in [3.63, 3.8) is 0 Å². The van der Waals surface area contributed by atoms with Gasteiger partial charge in [0.1, 0.15) is 5.82 Å². The molecule has 0 N–H and O–H groups in total. The molecule has 0 radical (unpaired) electrons. The van der Waals surface area contributed by atoms with Crippen LogP contribution < -0.4 is 9.80 Å². The molecule has 0 fully saturated rings. The maximum absolute atomic E-state index is 10.4. The van der Waals surface area contributed by atoms with Crippen molar-refractivity contribution >= 4 is 34.4 Å². The Morgan fingerprint density at radius 1 is 0.544 bits per heavy atom. The lowest BCUT2D eigenvalue weighted by molar-refractivity contribution is 0.866. The van der Waals surface area contributed by atoms with E-state index < -0.39 is 0 Å². The topological polar surface area (TPSA) is 48.1 Å². The molecule has 0 unspecified atom stereocenters. The number of aromatic nitrogens is 2. The van der Waals surface area contributed by atoms with Crippen molar-refractivity contribution in [2.75, 3.05) is 22.9 Å². The van der Waals surface area contributed by atoms with Crippen molar-refractivity contribution < 1.29 is 0 Å². The first-order valence-corrected chi connectivity index (χ1v) is 19.5.